The molecule has 0 heterocycles. The molecule has 4 N–H and O–H groups in total. The largest absolute Gasteiger partial charge is 0.465 e. The molecule has 1 aromatic carbocycles. The van der Waals surface area contributed by atoms with E-state index in [1.54, 1.807) is 0 Å². The third-order valence-electron chi connectivity index (χ3n) is 2.95. The first-order valence-electron chi connectivity index (χ1n) is 6.87. The van der Waals surface area contributed by atoms with Gasteiger partial charge in [0.15, 0.2) is 0 Å². The molecule has 0 aliphatic heterocycles. The molecule has 4 heteroatoms. The van der Waals surface area contributed by atoms with Gasteiger partial charge in [0.25, 0.3) is 0 Å². The van der Waals surface area contributed by atoms with Gasteiger partial charge >= 0.3 is 5.97 Å². The Bertz CT molecular complexity index is 354. The van der Waals surface area contributed by atoms with Crippen molar-refractivity contribution in [1.82, 2.24) is 0 Å². The summed E-state index contributed by atoms with van der Waals surface area (Å²) in [6.07, 6.45) is 3.91. The number of hydrogen-bond donors (Lipinski definition) is 2. The lowest BCUT2D eigenvalue weighted by molar-refractivity contribution is -0.142. The zero-order chi connectivity index (χ0) is 13.9. The maximum atomic E-state index is 11.6. The van der Waals surface area contributed by atoms with E-state index in [9.17, 15) is 4.79 Å². The molecule has 4 nitrogen and oxygen atoms in total. The van der Waals surface area contributed by atoms with E-state index in [0.29, 0.717) is 19.6 Å². The quantitative estimate of drug-likeness (QED) is 0.525. The molecule has 0 fully saturated rings. The first kappa shape index (κ1) is 15.7. The molecule has 1 atom stereocenters. The van der Waals surface area contributed by atoms with Crippen LogP contribution in [0.15, 0.2) is 30.3 Å². The van der Waals surface area contributed by atoms with Crippen LogP contribution in [-0.4, -0.2) is 25.2 Å². The third kappa shape index (κ3) is 7.59. The van der Waals surface area contributed by atoms with Crippen LogP contribution in [0.5, 0.6) is 0 Å². The van der Waals surface area contributed by atoms with E-state index < -0.39 is 0 Å². The molecule has 1 aromatic rings. The van der Waals surface area contributed by atoms with Crippen LogP contribution < -0.4 is 11.5 Å². The van der Waals surface area contributed by atoms with Gasteiger partial charge in [-0.1, -0.05) is 30.3 Å². The predicted octanol–water partition coefficient (Wildman–Crippen LogP) is 1.62. The summed E-state index contributed by atoms with van der Waals surface area (Å²) < 4.78 is 5.18. The van der Waals surface area contributed by atoms with Crippen molar-refractivity contribution in [2.45, 2.75) is 38.1 Å². The fraction of sp³-hybridized carbons (Fsp3) is 0.533. The second-order valence-corrected chi connectivity index (χ2v) is 4.72. The topological polar surface area (TPSA) is 78.3 Å². The average molecular weight is 264 g/mol. The molecule has 0 amide bonds. The van der Waals surface area contributed by atoms with E-state index in [4.69, 9.17) is 16.2 Å². The lowest BCUT2D eigenvalue weighted by atomic mass is 10.1. The highest BCUT2D eigenvalue weighted by Crippen LogP contribution is 2.04. The van der Waals surface area contributed by atoms with Gasteiger partial charge in [0.05, 0.1) is 13.0 Å². The zero-order valence-corrected chi connectivity index (χ0v) is 11.4. The van der Waals surface area contributed by atoms with Gasteiger partial charge in [0, 0.05) is 6.04 Å². The number of esters is 1. The van der Waals surface area contributed by atoms with Gasteiger partial charge in [0.2, 0.25) is 0 Å². The molecule has 0 radical (unpaired) electrons. The van der Waals surface area contributed by atoms with Gasteiger partial charge in [-0.3, -0.25) is 4.79 Å². The normalized spacial score (nSPS) is 12.1. The number of ether oxygens (including phenoxy) is 1. The highest BCUT2D eigenvalue weighted by Gasteiger charge is 2.05. The van der Waals surface area contributed by atoms with Crippen LogP contribution in [0.25, 0.3) is 0 Å². The van der Waals surface area contributed by atoms with E-state index in [2.05, 4.69) is 0 Å². The van der Waals surface area contributed by atoms with Crippen LogP contribution in [0.2, 0.25) is 0 Å². The van der Waals surface area contributed by atoms with Gasteiger partial charge in [-0.05, 0) is 37.8 Å². The van der Waals surface area contributed by atoms with Crippen molar-refractivity contribution in [2.24, 2.45) is 11.5 Å². The van der Waals surface area contributed by atoms with Crippen molar-refractivity contribution in [3.05, 3.63) is 35.9 Å². The molecule has 0 aliphatic rings. The SMILES string of the molecule is NCCCC(N)CCCOC(=O)Cc1ccccc1. The smallest absolute Gasteiger partial charge is 0.310 e. The van der Waals surface area contributed by atoms with Gasteiger partial charge in [-0.2, -0.15) is 0 Å². The summed E-state index contributed by atoms with van der Waals surface area (Å²) in [5.74, 6) is -0.179. The number of nitrogens with two attached hydrogens (primary N) is 2. The second-order valence-electron chi connectivity index (χ2n) is 4.72. The van der Waals surface area contributed by atoms with Gasteiger partial charge in [0.1, 0.15) is 0 Å². The molecule has 19 heavy (non-hydrogen) atoms. The first-order chi connectivity index (χ1) is 9.22. The highest BCUT2D eigenvalue weighted by atomic mass is 16.5. The number of carbonyl (C=O) groups is 1. The molecule has 106 valence electrons. The highest BCUT2D eigenvalue weighted by molar-refractivity contribution is 5.72. The molecule has 0 saturated heterocycles. The summed E-state index contributed by atoms with van der Waals surface area (Å²) in [5, 5.41) is 0. The fourth-order valence-electron chi connectivity index (χ4n) is 1.87. The van der Waals surface area contributed by atoms with Crippen LogP contribution in [0.3, 0.4) is 0 Å². The lowest BCUT2D eigenvalue weighted by Crippen LogP contribution is -2.22. The molecular formula is C15H24N2O2. The Morgan fingerprint density at radius 1 is 1.16 bits per heavy atom. The maximum Gasteiger partial charge on any atom is 0.310 e. The summed E-state index contributed by atoms with van der Waals surface area (Å²) in [5.41, 5.74) is 12.3. The first-order valence-corrected chi connectivity index (χ1v) is 6.87. The average Bonchev–Trinajstić information content (AvgIpc) is 2.42. The summed E-state index contributed by atoms with van der Waals surface area (Å²) in [7, 11) is 0. The molecule has 0 spiro atoms. The van der Waals surface area contributed by atoms with Crippen molar-refractivity contribution in [3.8, 4) is 0 Å². The molecule has 0 aromatic heterocycles. The molecule has 1 rings (SSSR count). The van der Waals surface area contributed by atoms with E-state index >= 15 is 0 Å². The van der Waals surface area contributed by atoms with Crippen molar-refractivity contribution in [2.75, 3.05) is 13.2 Å². The molecule has 0 aliphatic carbocycles. The van der Waals surface area contributed by atoms with E-state index in [-0.39, 0.29) is 12.0 Å². The van der Waals surface area contributed by atoms with Crippen LogP contribution in [-0.2, 0) is 16.0 Å². The maximum absolute atomic E-state index is 11.6. The molecular weight excluding hydrogens is 240 g/mol. The number of benzene rings is 1. The molecule has 0 bridgehead atoms. The van der Waals surface area contributed by atoms with Crippen LogP contribution in [0.1, 0.15) is 31.2 Å². The standard InChI is InChI=1S/C15H24N2O2/c16-10-4-8-14(17)9-5-11-19-15(18)12-13-6-2-1-3-7-13/h1-3,6-7,14H,4-5,8-12,16-17H2. The number of rotatable bonds is 9. The van der Waals surface area contributed by atoms with Crippen molar-refractivity contribution < 1.29 is 9.53 Å². The van der Waals surface area contributed by atoms with Crippen LogP contribution in [0.4, 0.5) is 0 Å². The van der Waals surface area contributed by atoms with E-state index in [0.717, 1.165) is 31.2 Å². The van der Waals surface area contributed by atoms with Crippen molar-refractivity contribution >= 4 is 5.97 Å². The second kappa shape index (κ2) is 9.53. The lowest BCUT2D eigenvalue weighted by Gasteiger charge is -2.10. The van der Waals surface area contributed by atoms with Gasteiger partial charge in [-0.25, -0.2) is 0 Å². The zero-order valence-electron chi connectivity index (χ0n) is 11.4. The summed E-state index contributed by atoms with van der Waals surface area (Å²) in [6.45, 7) is 1.13. The van der Waals surface area contributed by atoms with Crippen molar-refractivity contribution in [3.63, 3.8) is 0 Å². The van der Waals surface area contributed by atoms with E-state index in [1.807, 2.05) is 30.3 Å². The molecule has 1 unspecified atom stereocenters. The summed E-state index contributed by atoms with van der Waals surface area (Å²) in [4.78, 5) is 11.6. The minimum Gasteiger partial charge on any atom is -0.465 e. The minimum atomic E-state index is -0.179. The monoisotopic (exact) mass is 264 g/mol. The Morgan fingerprint density at radius 2 is 1.84 bits per heavy atom. The fourth-order valence-corrected chi connectivity index (χ4v) is 1.87. The molecule has 0 saturated carbocycles. The summed E-state index contributed by atoms with van der Waals surface area (Å²) in [6, 6.07) is 9.76. The van der Waals surface area contributed by atoms with Gasteiger partial charge < -0.3 is 16.2 Å². The van der Waals surface area contributed by atoms with Crippen LogP contribution >= 0.6 is 0 Å². The van der Waals surface area contributed by atoms with E-state index in [1.165, 1.54) is 0 Å². The van der Waals surface area contributed by atoms with Gasteiger partial charge in [-0.15, -0.1) is 0 Å². The third-order valence-corrected chi connectivity index (χ3v) is 2.95. The minimum absolute atomic E-state index is 0.163. The summed E-state index contributed by atoms with van der Waals surface area (Å²) >= 11 is 0. The Kier molecular flexibility index (Phi) is 7.86. The Balaban J connectivity index is 2.07. The Hall–Kier alpha value is -1.39. The number of carbonyl (C=O) groups excluding carboxylic acids is 1. The Morgan fingerprint density at radius 3 is 2.53 bits per heavy atom. The van der Waals surface area contributed by atoms with Crippen molar-refractivity contribution in [1.29, 1.82) is 0 Å². The Labute approximate surface area is 115 Å². The van der Waals surface area contributed by atoms with Crippen LogP contribution in [0, 0.1) is 0 Å². The predicted molar refractivity (Wildman–Crippen MR) is 76.6 cm³/mol. The number of hydrogen-bond acceptors (Lipinski definition) is 4.